The summed E-state index contributed by atoms with van der Waals surface area (Å²) in [6, 6.07) is 9.01. The van der Waals surface area contributed by atoms with Crippen LogP contribution in [0.4, 0.5) is 5.69 Å². The molecule has 0 saturated carbocycles. The van der Waals surface area contributed by atoms with Crippen molar-refractivity contribution in [1.82, 2.24) is 0 Å². The first-order chi connectivity index (χ1) is 9.38. The molecule has 0 amide bonds. The monoisotopic (exact) mass is 373 g/mol. The van der Waals surface area contributed by atoms with E-state index in [0.717, 1.165) is 15.6 Å². The van der Waals surface area contributed by atoms with Gasteiger partial charge in [-0.3, -0.25) is 0 Å². The molecule has 2 rings (SSSR count). The predicted molar refractivity (Wildman–Crippen MR) is 89.0 cm³/mol. The van der Waals surface area contributed by atoms with Gasteiger partial charge < -0.3 is 10.4 Å². The van der Waals surface area contributed by atoms with Gasteiger partial charge in [0.25, 0.3) is 0 Å². The van der Waals surface area contributed by atoms with Crippen LogP contribution < -0.4 is 5.32 Å². The molecular formula is C15H14BrCl2NO. The van der Waals surface area contributed by atoms with Crippen LogP contribution in [-0.4, -0.2) is 5.11 Å². The van der Waals surface area contributed by atoms with Crippen molar-refractivity contribution in [1.29, 1.82) is 0 Å². The minimum atomic E-state index is -0.119. The second kappa shape index (κ2) is 6.25. The number of aromatic hydroxyl groups is 1. The van der Waals surface area contributed by atoms with Gasteiger partial charge in [-0.25, -0.2) is 0 Å². The standard InChI is InChI=1S/C15H14BrCl2NO/c1-8-3-4-11(14(20)5-8)9(2)19-15-12(17)6-10(16)7-13(15)18/h3-7,9,19-20H,1-2H3. The fraction of sp³-hybridized carbons (Fsp3) is 0.200. The lowest BCUT2D eigenvalue weighted by atomic mass is 10.0. The molecule has 2 aromatic rings. The summed E-state index contributed by atoms with van der Waals surface area (Å²) < 4.78 is 0.823. The van der Waals surface area contributed by atoms with Crippen molar-refractivity contribution in [3.63, 3.8) is 0 Å². The maximum absolute atomic E-state index is 10.0. The van der Waals surface area contributed by atoms with Crippen LogP contribution in [0.2, 0.25) is 10.0 Å². The van der Waals surface area contributed by atoms with Gasteiger partial charge in [-0.1, -0.05) is 51.3 Å². The molecule has 0 heterocycles. The van der Waals surface area contributed by atoms with Gasteiger partial charge in [-0.05, 0) is 37.6 Å². The molecule has 0 fully saturated rings. The van der Waals surface area contributed by atoms with Crippen molar-refractivity contribution in [2.24, 2.45) is 0 Å². The van der Waals surface area contributed by atoms with Crippen LogP contribution in [0.5, 0.6) is 5.75 Å². The first-order valence-corrected chi connectivity index (χ1v) is 7.64. The molecule has 0 aliphatic carbocycles. The molecule has 0 aliphatic heterocycles. The zero-order valence-corrected chi connectivity index (χ0v) is 14.1. The van der Waals surface area contributed by atoms with Gasteiger partial charge in [-0.15, -0.1) is 0 Å². The summed E-state index contributed by atoms with van der Waals surface area (Å²) in [7, 11) is 0. The number of rotatable bonds is 3. The van der Waals surface area contributed by atoms with Crippen molar-refractivity contribution in [2.75, 3.05) is 5.32 Å². The average Bonchev–Trinajstić information content (AvgIpc) is 2.33. The smallest absolute Gasteiger partial charge is 0.121 e. The summed E-state index contributed by atoms with van der Waals surface area (Å²) >= 11 is 15.7. The van der Waals surface area contributed by atoms with Crippen molar-refractivity contribution in [3.05, 3.63) is 56.0 Å². The van der Waals surface area contributed by atoms with E-state index < -0.39 is 0 Å². The number of anilines is 1. The average molecular weight is 375 g/mol. The van der Waals surface area contributed by atoms with E-state index in [1.54, 1.807) is 18.2 Å². The second-order valence-electron chi connectivity index (χ2n) is 4.67. The molecule has 5 heteroatoms. The Bertz CT molecular complexity index is 623. The summed E-state index contributed by atoms with van der Waals surface area (Å²) in [6.45, 7) is 3.88. The Morgan fingerprint density at radius 3 is 2.30 bits per heavy atom. The van der Waals surface area contributed by atoms with Crippen LogP contribution in [0.3, 0.4) is 0 Å². The molecule has 2 N–H and O–H groups in total. The SMILES string of the molecule is Cc1ccc(C(C)Nc2c(Cl)cc(Br)cc2Cl)c(O)c1. The number of nitrogens with one attached hydrogen (secondary N) is 1. The van der Waals surface area contributed by atoms with Crippen LogP contribution in [-0.2, 0) is 0 Å². The first-order valence-electron chi connectivity index (χ1n) is 6.09. The highest BCUT2D eigenvalue weighted by Crippen LogP contribution is 2.37. The maximum atomic E-state index is 10.0. The fourth-order valence-corrected chi connectivity index (χ4v) is 3.31. The summed E-state index contributed by atoms with van der Waals surface area (Å²) in [6.07, 6.45) is 0. The Hall–Kier alpha value is -0.900. The van der Waals surface area contributed by atoms with Crippen LogP contribution in [0.25, 0.3) is 0 Å². The van der Waals surface area contributed by atoms with E-state index in [0.29, 0.717) is 15.7 Å². The van der Waals surface area contributed by atoms with Crippen molar-refractivity contribution in [3.8, 4) is 5.75 Å². The summed E-state index contributed by atoms with van der Waals surface area (Å²) in [5, 5.41) is 14.3. The Labute approximate surface area is 136 Å². The Morgan fingerprint density at radius 2 is 1.75 bits per heavy atom. The van der Waals surface area contributed by atoms with Gasteiger partial charge in [0, 0.05) is 10.0 Å². The molecule has 0 aromatic heterocycles. The highest BCUT2D eigenvalue weighted by Gasteiger charge is 2.14. The van der Waals surface area contributed by atoms with E-state index in [1.165, 1.54) is 0 Å². The lowest BCUT2D eigenvalue weighted by molar-refractivity contribution is 0.465. The molecule has 1 atom stereocenters. The van der Waals surface area contributed by atoms with Gasteiger partial charge in [0.1, 0.15) is 5.75 Å². The van der Waals surface area contributed by atoms with Crippen molar-refractivity contribution >= 4 is 44.8 Å². The normalized spacial score (nSPS) is 12.2. The summed E-state index contributed by atoms with van der Waals surface area (Å²) in [5.41, 5.74) is 2.47. The highest BCUT2D eigenvalue weighted by molar-refractivity contribution is 9.10. The molecule has 0 saturated heterocycles. The van der Waals surface area contributed by atoms with Gasteiger partial charge in [-0.2, -0.15) is 0 Å². The molecule has 2 nitrogen and oxygen atoms in total. The topological polar surface area (TPSA) is 32.3 Å². The number of hydrogen-bond donors (Lipinski definition) is 2. The van der Waals surface area contributed by atoms with E-state index in [1.807, 2.05) is 26.0 Å². The number of aryl methyl sites for hydroxylation is 1. The number of halogens is 3. The van der Waals surface area contributed by atoms with Crippen LogP contribution in [0, 0.1) is 6.92 Å². The number of phenols is 1. The van der Waals surface area contributed by atoms with Gasteiger partial charge in [0.2, 0.25) is 0 Å². The summed E-state index contributed by atoms with van der Waals surface area (Å²) in [5.74, 6) is 0.259. The molecule has 1 unspecified atom stereocenters. The highest BCUT2D eigenvalue weighted by atomic mass is 79.9. The molecule has 20 heavy (non-hydrogen) atoms. The third kappa shape index (κ3) is 3.40. The second-order valence-corrected chi connectivity index (χ2v) is 6.40. The lowest BCUT2D eigenvalue weighted by Crippen LogP contribution is -2.08. The molecule has 0 spiro atoms. The minimum absolute atomic E-state index is 0.119. The Kier molecular flexibility index (Phi) is 4.84. The molecule has 106 valence electrons. The molecule has 2 aromatic carbocycles. The van der Waals surface area contributed by atoms with Crippen LogP contribution in [0.15, 0.2) is 34.8 Å². The predicted octanol–water partition coefficient (Wildman–Crippen LogP) is 5.94. The zero-order chi connectivity index (χ0) is 14.9. The molecule has 0 aliphatic rings. The minimum Gasteiger partial charge on any atom is -0.508 e. The van der Waals surface area contributed by atoms with Gasteiger partial charge in [0.05, 0.1) is 21.8 Å². The van der Waals surface area contributed by atoms with Crippen molar-refractivity contribution < 1.29 is 5.11 Å². The third-order valence-electron chi connectivity index (χ3n) is 3.02. The number of phenolic OH excluding ortho intramolecular Hbond substituents is 1. The summed E-state index contributed by atoms with van der Waals surface area (Å²) in [4.78, 5) is 0. The van der Waals surface area contributed by atoms with E-state index >= 15 is 0 Å². The third-order valence-corrected chi connectivity index (χ3v) is 4.07. The van der Waals surface area contributed by atoms with Crippen LogP contribution >= 0.6 is 39.1 Å². The van der Waals surface area contributed by atoms with Crippen LogP contribution in [0.1, 0.15) is 24.1 Å². The van der Waals surface area contributed by atoms with Gasteiger partial charge >= 0.3 is 0 Å². The van der Waals surface area contributed by atoms with E-state index in [-0.39, 0.29) is 11.8 Å². The fourth-order valence-electron chi connectivity index (χ4n) is 1.99. The van der Waals surface area contributed by atoms with E-state index in [2.05, 4.69) is 21.2 Å². The van der Waals surface area contributed by atoms with E-state index in [9.17, 15) is 5.11 Å². The Morgan fingerprint density at radius 1 is 1.15 bits per heavy atom. The largest absolute Gasteiger partial charge is 0.508 e. The van der Waals surface area contributed by atoms with Gasteiger partial charge in [0.15, 0.2) is 0 Å². The molecular weight excluding hydrogens is 361 g/mol. The number of hydrogen-bond acceptors (Lipinski definition) is 2. The molecule has 0 bridgehead atoms. The van der Waals surface area contributed by atoms with Crippen molar-refractivity contribution in [2.45, 2.75) is 19.9 Å². The van der Waals surface area contributed by atoms with E-state index in [4.69, 9.17) is 23.2 Å². The number of benzene rings is 2. The zero-order valence-electron chi connectivity index (χ0n) is 11.0. The quantitative estimate of drug-likeness (QED) is 0.696. The lowest BCUT2D eigenvalue weighted by Gasteiger charge is -2.19. The first kappa shape index (κ1) is 15.5. The molecule has 0 radical (unpaired) electrons. The maximum Gasteiger partial charge on any atom is 0.121 e. The Balaban J connectivity index is 2.30.